The number of primary amides is 1. The molecule has 1 aromatic carbocycles. The van der Waals surface area contributed by atoms with Gasteiger partial charge >= 0.3 is 0 Å². The molecule has 0 aromatic heterocycles. The number of benzene rings is 1. The Morgan fingerprint density at radius 2 is 2.23 bits per heavy atom. The molecule has 3 heteroatoms. The van der Waals surface area contributed by atoms with Crippen molar-refractivity contribution in [3.8, 4) is 11.8 Å². The summed E-state index contributed by atoms with van der Waals surface area (Å²) >= 11 is 0. The van der Waals surface area contributed by atoms with Crippen molar-refractivity contribution in [3.63, 3.8) is 0 Å². The summed E-state index contributed by atoms with van der Waals surface area (Å²) in [5.41, 5.74) is 11.9. The van der Waals surface area contributed by atoms with E-state index in [-0.39, 0.29) is 6.42 Å². The minimum absolute atomic E-state index is 0.0782. The van der Waals surface area contributed by atoms with Gasteiger partial charge in [0.15, 0.2) is 0 Å². The molecular weight excluding hydrogens is 164 g/mol. The number of nitrogens with two attached hydrogens (primary N) is 2. The number of carbonyl (C=O) groups is 1. The topological polar surface area (TPSA) is 69.1 Å². The van der Waals surface area contributed by atoms with Crippen LogP contribution in [0.2, 0.25) is 0 Å². The lowest BCUT2D eigenvalue weighted by atomic mass is 10.2. The fourth-order valence-corrected chi connectivity index (χ4v) is 0.850. The van der Waals surface area contributed by atoms with Gasteiger partial charge in [0.2, 0.25) is 5.91 Å². The first kappa shape index (κ1) is 9.14. The minimum Gasteiger partial charge on any atom is -0.399 e. The summed E-state index contributed by atoms with van der Waals surface area (Å²) < 4.78 is 0. The van der Waals surface area contributed by atoms with Crippen LogP contribution >= 0.6 is 0 Å². The maximum absolute atomic E-state index is 10.4. The van der Waals surface area contributed by atoms with E-state index < -0.39 is 5.91 Å². The van der Waals surface area contributed by atoms with E-state index in [2.05, 4.69) is 11.8 Å². The van der Waals surface area contributed by atoms with Crippen LogP contribution in [0.5, 0.6) is 0 Å². The second-order valence-corrected chi connectivity index (χ2v) is 2.57. The molecule has 4 N–H and O–H groups in total. The van der Waals surface area contributed by atoms with Crippen molar-refractivity contribution in [3.05, 3.63) is 29.8 Å². The molecule has 0 saturated heterocycles. The lowest BCUT2D eigenvalue weighted by molar-refractivity contribution is -0.117. The highest BCUT2D eigenvalue weighted by Crippen LogP contribution is 2.04. The van der Waals surface area contributed by atoms with Gasteiger partial charge < -0.3 is 11.5 Å². The number of amides is 1. The van der Waals surface area contributed by atoms with E-state index in [1.807, 2.05) is 12.1 Å². The van der Waals surface area contributed by atoms with Crippen molar-refractivity contribution in [1.29, 1.82) is 0 Å². The Kier molecular flexibility index (Phi) is 2.93. The summed E-state index contributed by atoms with van der Waals surface area (Å²) in [6, 6.07) is 7.15. The quantitative estimate of drug-likeness (QED) is 0.480. The molecule has 0 aliphatic carbocycles. The van der Waals surface area contributed by atoms with Gasteiger partial charge in [0, 0.05) is 11.3 Å². The molecule has 0 aliphatic heterocycles. The van der Waals surface area contributed by atoms with E-state index >= 15 is 0 Å². The maximum atomic E-state index is 10.4. The van der Waals surface area contributed by atoms with E-state index in [0.29, 0.717) is 5.69 Å². The first-order valence-corrected chi connectivity index (χ1v) is 3.81. The van der Waals surface area contributed by atoms with Gasteiger partial charge in [-0.05, 0) is 18.2 Å². The van der Waals surface area contributed by atoms with Gasteiger partial charge in [-0.1, -0.05) is 17.9 Å². The summed E-state index contributed by atoms with van der Waals surface area (Å²) in [5, 5.41) is 0. The number of anilines is 1. The molecule has 1 aromatic rings. The van der Waals surface area contributed by atoms with Gasteiger partial charge in [-0.2, -0.15) is 0 Å². The summed E-state index contributed by atoms with van der Waals surface area (Å²) in [4.78, 5) is 10.4. The van der Waals surface area contributed by atoms with Gasteiger partial charge in [0.25, 0.3) is 0 Å². The standard InChI is InChI=1S/C10H10N2O/c11-9-5-1-3-8(7-9)4-2-6-10(12)13/h1,3,5,7H,6,11H2,(H2,12,13). The van der Waals surface area contributed by atoms with E-state index in [0.717, 1.165) is 5.56 Å². The van der Waals surface area contributed by atoms with Crippen LogP contribution in [0.15, 0.2) is 24.3 Å². The predicted molar refractivity (Wildman–Crippen MR) is 51.5 cm³/mol. The molecule has 66 valence electrons. The molecule has 0 heterocycles. The molecule has 0 fully saturated rings. The van der Waals surface area contributed by atoms with Crippen LogP contribution in [-0.2, 0) is 4.79 Å². The molecule has 0 saturated carbocycles. The highest BCUT2D eigenvalue weighted by molar-refractivity contribution is 5.76. The number of rotatable bonds is 1. The highest BCUT2D eigenvalue weighted by atomic mass is 16.1. The molecular formula is C10H10N2O. The fraction of sp³-hybridized carbons (Fsp3) is 0.100. The Hall–Kier alpha value is -1.95. The summed E-state index contributed by atoms with van der Waals surface area (Å²) in [6.07, 6.45) is 0.0782. The third-order valence-corrected chi connectivity index (χ3v) is 1.38. The van der Waals surface area contributed by atoms with E-state index in [9.17, 15) is 4.79 Å². The Morgan fingerprint density at radius 3 is 2.85 bits per heavy atom. The second kappa shape index (κ2) is 4.17. The zero-order valence-corrected chi connectivity index (χ0v) is 7.08. The second-order valence-electron chi connectivity index (χ2n) is 2.57. The third-order valence-electron chi connectivity index (χ3n) is 1.38. The van der Waals surface area contributed by atoms with Crippen LogP contribution in [0.25, 0.3) is 0 Å². The molecule has 0 aliphatic rings. The van der Waals surface area contributed by atoms with Gasteiger partial charge in [-0.25, -0.2) is 0 Å². The van der Waals surface area contributed by atoms with Gasteiger partial charge in [-0.3, -0.25) is 4.79 Å². The summed E-state index contributed by atoms with van der Waals surface area (Å²) in [6.45, 7) is 0. The molecule has 0 atom stereocenters. The summed E-state index contributed by atoms with van der Waals surface area (Å²) in [5.74, 6) is 5.01. The molecule has 13 heavy (non-hydrogen) atoms. The molecule has 0 unspecified atom stereocenters. The monoisotopic (exact) mass is 174 g/mol. The third kappa shape index (κ3) is 3.30. The van der Waals surface area contributed by atoms with Crippen molar-refractivity contribution >= 4 is 11.6 Å². The average Bonchev–Trinajstić information content (AvgIpc) is 2.03. The predicted octanol–water partition coefficient (Wildman–Crippen LogP) is 0.496. The van der Waals surface area contributed by atoms with Gasteiger partial charge in [-0.15, -0.1) is 0 Å². The first-order valence-electron chi connectivity index (χ1n) is 3.81. The molecule has 1 amide bonds. The highest BCUT2D eigenvalue weighted by Gasteiger charge is 1.88. The zero-order chi connectivity index (χ0) is 9.68. The SMILES string of the molecule is NC(=O)CC#Cc1cccc(N)c1. The van der Waals surface area contributed by atoms with E-state index in [1.54, 1.807) is 12.1 Å². The van der Waals surface area contributed by atoms with E-state index in [1.165, 1.54) is 0 Å². The van der Waals surface area contributed by atoms with Crippen LogP contribution in [0.1, 0.15) is 12.0 Å². The normalized spacial score (nSPS) is 8.62. The smallest absolute Gasteiger partial charge is 0.229 e. The van der Waals surface area contributed by atoms with Crippen LogP contribution in [0, 0.1) is 11.8 Å². The van der Waals surface area contributed by atoms with Crippen LogP contribution < -0.4 is 11.5 Å². The average molecular weight is 174 g/mol. The van der Waals surface area contributed by atoms with Crippen molar-refractivity contribution in [2.75, 3.05) is 5.73 Å². The Labute approximate surface area is 76.7 Å². The minimum atomic E-state index is -0.420. The maximum Gasteiger partial charge on any atom is 0.229 e. The molecule has 3 nitrogen and oxygen atoms in total. The largest absolute Gasteiger partial charge is 0.399 e. The molecule has 0 radical (unpaired) electrons. The number of hydrogen-bond acceptors (Lipinski definition) is 2. The van der Waals surface area contributed by atoms with Gasteiger partial charge in [0.1, 0.15) is 0 Å². The van der Waals surface area contributed by atoms with Gasteiger partial charge in [0.05, 0.1) is 6.42 Å². The zero-order valence-electron chi connectivity index (χ0n) is 7.08. The van der Waals surface area contributed by atoms with Crippen molar-refractivity contribution in [1.82, 2.24) is 0 Å². The lowest BCUT2D eigenvalue weighted by Crippen LogP contribution is -2.08. The number of nitrogen functional groups attached to an aromatic ring is 1. The molecule has 0 spiro atoms. The number of carbonyl (C=O) groups excluding carboxylic acids is 1. The van der Waals surface area contributed by atoms with Crippen molar-refractivity contribution in [2.45, 2.75) is 6.42 Å². The van der Waals surface area contributed by atoms with Crippen LogP contribution in [0.3, 0.4) is 0 Å². The van der Waals surface area contributed by atoms with Crippen molar-refractivity contribution < 1.29 is 4.79 Å². The van der Waals surface area contributed by atoms with Crippen molar-refractivity contribution in [2.24, 2.45) is 5.73 Å². The first-order chi connectivity index (χ1) is 6.18. The van der Waals surface area contributed by atoms with Crippen LogP contribution in [0.4, 0.5) is 5.69 Å². The lowest BCUT2D eigenvalue weighted by Gasteiger charge is -1.91. The number of hydrogen-bond donors (Lipinski definition) is 2. The molecule has 0 bridgehead atoms. The Balaban J connectivity index is 2.72. The summed E-state index contributed by atoms with van der Waals surface area (Å²) in [7, 11) is 0. The Bertz CT molecular complexity index is 374. The van der Waals surface area contributed by atoms with E-state index in [4.69, 9.17) is 11.5 Å². The Morgan fingerprint density at radius 1 is 1.46 bits per heavy atom. The fourth-order valence-electron chi connectivity index (χ4n) is 0.850. The molecule has 1 rings (SSSR count). The van der Waals surface area contributed by atoms with Crippen LogP contribution in [-0.4, -0.2) is 5.91 Å².